The van der Waals surface area contributed by atoms with Gasteiger partial charge in [-0.2, -0.15) is 0 Å². The molecule has 7 heteroatoms. The number of aromatic nitrogens is 5. The first-order chi connectivity index (χ1) is 7.58. The fourth-order valence-corrected chi connectivity index (χ4v) is 2.06. The lowest BCUT2D eigenvalue weighted by Gasteiger charge is -2.06. The van der Waals surface area contributed by atoms with Crippen LogP contribution in [0.25, 0.3) is 0 Å². The van der Waals surface area contributed by atoms with Crippen molar-refractivity contribution in [3.05, 3.63) is 17.7 Å². The summed E-state index contributed by atoms with van der Waals surface area (Å²) in [6.45, 7) is 3.71. The van der Waals surface area contributed by atoms with E-state index in [2.05, 4.69) is 20.2 Å². The van der Waals surface area contributed by atoms with Gasteiger partial charge in [0.05, 0.1) is 0 Å². The van der Waals surface area contributed by atoms with Gasteiger partial charge in [-0.25, -0.2) is 9.97 Å². The highest BCUT2D eigenvalue weighted by atomic mass is 32.2. The van der Waals surface area contributed by atoms with Crippen molar-refractivity contribution in [3.8, 4) is 0 Å². The predicted octanol–water partition coefficient (Wildman–Crippen LogP) is 0.955. The van der Waals surface area contributed by atoms with Gasteiger partial charge in [-0.05, 0) is 25.6 Å². The zero-order valence-electron chi connectivity index (χ0n) is 9.30. The van der Waals surface area contributed by atoms with Crippen LogP contribution in [0.3, 0.4) is 0 Å². The lowest BCUT2D eigenvalue weighted by atomic mass is 10.3. The normalized spacial score (nSPS) is 10.7. The largest absolute Gasteiger partial charge is 0.383 e. The number of rotatable bonds is 2. The molecule has 2 N–H and O–H groups in total. The molecule has 0 fully saturated rings. The van der Waals surface area contributed by atoms with Crippen LogP contribution in [-0.2, 0) is 7.05 Å². The van der Waals surface area contributed by atoms with E-state index in [4.69, 9.17) is 5.73 Å². The maximum Gasteiger partial charge on any atom is 0.197 e. The number of hydrogen-bond acceptors (Lipinski definition) is 6. The smallest absolute Gasteiger partial charge is 0.197 e. The Morgan fingerprint density at radius 1 is 1.31 bits per heavy atom. The molecule has 0 aliphatic carbocycles. The van der Waals surface area contributed by atoms with Crippen molar-refractivity contribution in [2.75, 3.05) is 5.73 Å². The van der Waals surface area contributed by atoms with E-state index in [-0.39, 0.29) is 0 Å². The summed E-state index contributed by atoms with van der Waals surface area (Å²) < 4.78 is 1.83. The Morgan fingerprint density at radius 3 is 2.69 bits per heavy atom. The van der Waals surface area contributed by atoms with E-state index in [0.29, 0.717) is 11.6 Å². The standard InChI is InChI=1S/C9H12N6S/c1-5-7(10)12-6(2)13-8(5)16-9-14-11-4-15(9)3/h4H,1-3H3,(H2,10,12,13). The Labute approximate surface area is 97.3 Å². The summed E-state index contributed by atoms with van der Waals surface area (Å²) >= 11 is 1.43. The number of nitrogen functional groups attached to an aromatic ring is 1. The molecule has 6 nitrogen and oxygen atoms in total. The van der Waals surface area contributed by atoms with Crippen molar-refractivity contribution in [2.24, 2.45) is 7.05 Å². The van der Waals surface area contributed by atoms with Gasteiger partial charge >= 0.3 is 0 Å². The van der Waals surface area contributed by atoms with Crippen molar-refractivity contribution in [3.63, 3.8) is 0 Å². The average Bonchev–Trinajstić information content (AvgIpc) is 2.60. The third-order valence-electron chi connectivity index (χ3n) is 2.11. The predicted molar refractivity (Wildman–Crippen MR) is 61.0 cm³/mol. The van der Waals surface area contributed by atoms with Crippen LogP contribution in [0.1, 0.15) is 11.4 Å². The van der Waals surface area contributed by atoms with Gasteiger partial charge in [0.2, 0.25) is 0 Å². The molecule has 0 aromatic carbocycles. The Bertz CT molecular complexity index is 521. The van der Waals surface area contributed by atoms with Crippen molar-refractivity contribution < 1.29 is 0 Å². The Morgan fingerprint density at radius 2 is 2.06 bits per heavy atom. The van der Waals surface area contributed by atoms with Crippen molar-refractivity contribution in [1.82, 2.24) is 24.7 Å². The summed E-state index contributed by atoms with van der Waals surface area (Å²) in [5, 5.41) is 9.39. The van der Waals surface area contributed by atoms with E-state index in [9.17, 15) is 0 Å². The molecule has 0 saturated heterocycles. The molecule has 84 valence electrons. The Hall–Kier alpha value is -1.63. The molecule has 2 aromatic rings. The summed E-state index contributed by atoms with van der Waals surface area (Å²) in [5.41, 5.74) is 6.65. The maximum atomic E-state index is 5.78. The first-order valence-corrected chi connectivity index (χ1v) is 5.52. The van der Waals surface area contributed by atoms with Gasteiger partial charge in [0.25, 0.3) is 0 Å². The van der Waals surface area contributed by atoms with E-state index < -0.39 is 0 Å². The second kappa shape index (κ2) is 4.09. The van der Waals surface area contributed by atoms with Crippen LogP contribution in [0.4, 0.5) is 5.82 Å². The van der Waals surface area contributed by atoms with Gasteiger partial charge in [-0.3, -0.25) is 0 Å². The zero-order chi connectivity index (χ0) is 11.7. The zero-order valence-corrected chi connectivity index (χ0v) is 10.1. The summed E-state index contributed by atoms with van der Waals surface area (Å²) in [6, 6.07) is 0. The number of nitrogens with two attached hydrogens (primary N) is 1. The summed E-state index contributed by atoms with van der Waals surface area (Å²) in [7, 11) is 1.88. The molecule has 16 heavy (non-hydrogen) atoms. The minimum atomic E-state index is 0.511. The van der Waals surface area contributed by atoms with E-state index in [1.165, 1.54) is 11.8 Å². The van der Waals surface area contributed by atoms with E-state index in [0.717, 1.165) is 15.7 Å². The van der Waals surface area contributed by atoms with Crippen molar-refractivity contribution in [1.29, 1.82) is 0 Å². The lowest BCUT2D eigenvalue weighted by Crippen LogP contribution is -2.02. The molecule has 2 rings (SSSR count). The summed E-state index contributed by atoms with van der Waals surface area (Å²) in [4.78, 5) is 8.44. The Balaban J connectivity index is 2.38. The average molecular weight is 236 g/mol. The molecular formula is C9H12N6S. The third-order valence-corrected chi connectivity index (χ3v) is 3.25. The quantitative estimate of drug-likeness (QED) is 0.782. The van der Waals surface area contributed by atoms with Gasteiger partial charge in [0.15, 0.2) is 5.16 Å². The van der Waals surface area contributed by atoms with Gasteiger partial charge in [-0.1, -0.05) is 0 Å². The van der Waals surface area contributed by atoms with E-state index in [1.54, 1.807) is 6.33 Å². The highest BCUT2D eigenvalue weighted by molar-refractivity contribution is 7.99. The van der Waals surface area contributed by atoms with Crippen LogP contribution >= 0.6 is 11.8 Å². The van der Waals surface area contributed by atoms with Gasteiger partial charge in [-0.15, -0.1) is 10.2 Å². The molecule has 0 aliphatic rings. The molecule has 0 bridgehead atoms. The lowest BCUT2D eigenvalue weighted by molar-refractivity contribution is 0.785. The SMILES string of the molecule is Cc1nc(N)c(C)c(Sc2nncn2C)n1. The molecule has 2 aromatic heterocycles. The molecule has 0 spiro atoms. The van der Waals surface area contributed by atoms with Crippen LogP contribution in [0.15, 0.2) is 16.5 Å². The number of nitrogens with zero attached hydrogens (tertiary/aromatic N) is 5. The van der Waals surface area contributed by atoms with Gasteiger partial charge in [0.1, 0.15) is 23.0 Å². The molecule has 0 atom stereocenters. The third kappa shape index (κ3) is 1.99. The fraction of sp³-hybridized carbons (Fsp3) is 0.333. The molecule has 0 unspecified atom stereocenters. The summed E-state index contributed by atoms with van der Waals surface area (Å²) in [6.07, 6.45) is 1.65. The number of anilines is 1. The van der Waals surface area contributed by atoms with E-state index >= 15 is 0 Å². The van der Waals surface area contributed by atoms with Crippen LogP contribution in [0.5, 0.6) is 0 Å². The molecule has 0 aliphatic heterocycles. The first kappa shape index (κ1) is 10.9. The van der Waals surface area contributed by atoms with Crippen LogP contribution < -0.4 is 5.73 Å². The second-order valence-corrected chi connectivity index (χ2v) is 4.37. The topological polar surface area (TPSA) is 82.5 Å². The molecule has 2 heterocycles. The highest BCUT2D eigenvalue weighted by Crippen LogP contribution is 2.28. The van der Waals surface area contributed by atoms with E-state index in [1.807, 2.05) is 25.5 Å². The fourth-order valence-electron chi connectivity index (χ4n) is 1.17. The minimum Gasteiger partial charge on any atom is -0.383 e. The van der Waals surface area contributed by atoms with Crippen molar-refractivity contribution >= 4 is 17.6 Å². The molecule has 0 saturated carbocycles. The van der Waals surface area contributed by atoms with Crippen molar-refractivity contribution in [2.45, 2.75) is 24.0 Å². The van der Waals surface area contributed by atoms with Crippen LogP contribution in [-0.4, -0.2) is 24.7 Å². The number of hydrogen-bond donors (Lipinski definition) is 1. The maximum absolute atomic E-state index is 5.78. The number of aryl methyl sites for hydroxylation is 2. The highest BCUT2D eigenvalue weighted by Gasteiger charge is 2.11. The second-order valence-electron chi connectivity index (χ2n) is 3.41. The molecular weight excluding hydrogens is 224 g/mol. The first-order valence-electron chi connectivity index (χ1n) is 4.70. The van der Waals surface area contributed by atoms with Gasteiger partial charge < -0.3 is 10.3 Å². The monoisotopic (exact) mass is 236 g/mol. The van der Waals surface area contributed by atoms with Gasteiger partial charge in [0, 0.05) is 12.6 Å². The minimum absolute atomic E-state index is 0.511. The Kier molecular flexibility index (Phi) is 2.78. The molecule has 0 amide bonds. The van der Waals surface area contributed by atoms with Crippen LogP contribution in [0.2, 0.25) is 0 Å². The summed E-state index contributed by atoms with van der Waals surface area (Å²) in [5.74, 6) is 1.17. The van der Waals surface area contributed by atoms with Crippen LogP contribution in [0, 0.1) is 13.8 Å². The molecule has 0 radical (unpaired) electrons.